The number of methoxy groups -OCH3 is 2. The molecule has 174 valence electrons. The van der Waals surface area contributed by atoms with Gasteiger partial charge in [-0.05, 0) is 44.2 Å². The van der Waals surface area contributed by atoms with Crippen molar-refractivity contribution in [3.05, 3.63) is 69.4 Å². The molecule has 0 spiro atoms. The number of ether oxygens (including phenoxy) is 3. The number of para-hydroxylation sites is 1. The molecule has 0 atom stereocenters. The molecular weight excluding hydrogens is 442 g/mol. The molecule has 4 rings (SSSR count). The van der Waals surface area contributed by atoms with E-state index in [2.05, 4.69) is 9.88 Å². The van der Waals surface area contributed by atoms with Crippen molar-refractivity contribution in [2.24, 2.45) is 0 Å². The molecule has 3 aromatic rings. The molecule has 0 unspecified atom stereocenters. The van der Waals surface area contributed by atoms with Crippen LogP contribution in [0.1, 0.15) is 24.4 Å². The Bertz CT molecular complexity index is 1180. The lowest BCUT2D eigenvalue weighted by atomic mass is 10.1. The Morgan fingerprint density at radius 2 is 1.67 bits per heavy atom. The SMILES string of the molecule is COc1cccc(OC)c1OC1CCN(c2ccc(-n3c(C)nc(C)cc3=O)cc2Cl)CC1. The zero-order valence-corrected chi connectivity index (χ0v) is 20.1. The van der Waals surface area contributed by atoms with E-state index < -0.39 is 0 Å². The highest BCUT2D eigenvalue weighted by Crippen LogP contribution is 2.39. The number of anilines is 1. The normalized spacial score (nSPS) is 14.3. The molecule has 1 aromatic heterocycles. The summed E-state index contributed by atoms with van der Waals surface area (Å²) in [6, 6.07) is 12.8. The standard InChI is InChI=1S/C25H28ClN3O4/c1-16-14-24(30)29(17(2)27-16)18-8-9-21(20(26)15-18)28-12-10-19(11-13-28)33-25-22(31-3)6-5-7-23(25)32-4/h5-9,14-15,19H,10-13H2,1-4H3. The minimum absolute atomic E-state index is 0.0457. The average molecular weight is 470 g/mol. The maximum absolute atomic E-state index is 12.5. The van der Waals surface area contributed by atoms with Gasteiger partial charge in [0.15, 0.2) is 11.5 Å². The average Bonchev–Trinajstić information content (AvgIpc) is 2.79. The Balaban J connectivity index is 1.48. The van der Waals surface area contributed by atoms with Crippen LogP contribution < -0.4 is 24.7 Å². The van der Waals surface area contributed by atoms with Crippen LogP contribution in [-0.4, -0.2) is 43.0 Å². The minimum Gasteiger partial charge on any atom is -0.493 e. The van der Waals surface area contributed by atoms with E-state index in [1.807, 2.05) is 50.2 Å². The van der Waals surface area contributed by atoms with Gasteiger partial charge < -0.3 is 19.1 Å². The van der Waals surface area contributed by atoms with Crippen LogP contribution in [0, 0.1) is 13.8 Å². The fourth-order valence-corrected chi connectivity index (χ4v) is 4.55. The second-order valence-corrected chi connectivity index (χ2v) is 8.46. The quantitative estimate of drug-likeness (QED) is 0.527. The third-order valence-electron chi connectivity index (χ3n) is 5.85. The lowest BCUT2D eigenvalue weighted by molar-refractivity contribution is 0.158. The van der Waals surface area contributed by atoms with Gasteiger partial charge in [-0.1, -0.05) is 17.7 Å². The van der Waals surface area contributed by atoms with Crippen LogP contribution in [0.15, 0.2) is 47.3 Å². The second kappa shape index (κ2) is 9.75. The Kier molecular flexibility index (Phi) is 6.79. The number of benzene rings is 2. The molecule has 0 bridgehead atoms. The van der Waals surface area contributed by atoms with Crippen molar-refractivity contribution in [2.45, 2.75) is 32.8 Å². The number of aryl methyl sites for hydroxylation is 2. The highest BCUT2D eigenvalue weighted by Gasteiger charge is 2.25. The molecule has 1 fully saturated rings. The first kappa shape index (κ1) is 23.0. The molecule has 1 aliphatic heterocycles. The van der Waals surface area contributed by atoms with Gasteiger partial charge in [-0.3, -0.25) is 9.36 Å². The Morgan fingerprint density at radius 1 is 1.00 bits per heavy atom. The second-order valence-electron chi connectivity index (χ2n) is 8.05. The van der Waals surface area contributed by atoms with Crippen molar-refractivity contribution in [2.75, 3.05) is 32.2 Å². The predicted octanol–water partition coefficient (Wildman–Crippen LogP) is 4.57. The maximum Gasteiger partial charge on any atom is 0.258 e. The molecule has 0 amide bonds. The lowest BCUT2D eigenvalue weighted by Gasteiger charge is -2.34. The molecule has 7 nitrogen and oxygen atoms in total. The molecule has 2 heterocycles. The zero-order chi connectivity index (χ0) is 23.5. The summed E-state index contributed by atoms with van der Waals surface area (Å²) in [5, 5.41) is 0.602. The predicted molar refractivity (Wildman–Crippen MR) is 130 cm³/mol. The molecule has 1 saturated heterocycles. The van der Waals surface area contributed by atoms with Gasteiger partial charge in [-0.25, -0.2) is 4.98 Å². The summed E-state index contributed by atoms with van der Waals surface area (Å²) in [5.74, 6) is 2.59. The van der Waals surface area contributed by atoms with Crippen molar-refractivity contribution in [1.82, 2.24) is 9.55 Å². The van der Waals surface area contributed by atoms with E-state index in [0.29, 0.717) is 39.5 Å². The summed E-state index contributed by atoms with van der Waals surface area (Å²) in [7, 11) is 3.25. The number of piperidine rings is 1. The van der Waals surface area contributed by atoms with Gasteiger partial charge in [0.1, 0.15) is 11.9 Å². The van der Waals surface area contributed by atoms with Crippen LogP contribution >= 0.6 is 11.6 Å². The number of halogens is 1. The molecule has 0 radical (unpaired) electrons. The summed E-state index contributed by atoms with van der Waals surface area (Å²) >= 11 is 6.65. The first-order valence-electron chi connectivity index (χ1n) is 10.9. The summed E-state index contributed by atoms with van der Waals surface area (Å²) < 4.78 is 18.7. The Hall–Kier alpha value is -3.19. The molecule has 0 N–H and O–H groups in total. The van der Waals surface area contributed by atoms with E-state index in [-0.39, 0.29) is 11.7 Å². The van der Waals surface area contributed by atoms with E-state index in [4.69, 9.17) is 25.8 Å². The summed E-state index contributed by atoms with van der Waals surface area (Å²) in [5.41, 5.74) is 2.24. The van der Waals surface area contributed by atoms with Crippen molar-refractivity contribution in [3.8, 4) is 22.9 Å². The monoisotopic (exact) mass is 469 g/mol. The number of rotatable bonds is 6. The topological polar surface area (TPSA) is 65.8 Å². The molecule has 8 heteroatoms. The molecule has 0 aliphatic carbocycles. The van der Waals surface area contributed by atoms with Gasteiger partial charge in [0.2, 0.25) is 5.75 Å². The molecule has 33 heavy (non-hydrogen) atoms. The van der Waals surface area contributed by atoms with Crippen LogP contribution in [0.3, 0.4) is 0 Å². The highest BCUT2D eigenvalue weighted by atomic mass is 35.5. The van der Waals surface area contributed by atoms with Gasteiger partial charge in [0, 0.05) is 37.7 Å². The first-order chi connectivity index (χ1) is 15.9. The Morgan fingerprint density at radius 3 is 2.24 bits per heavy atom. The van der Waals surface area contributed by atoms with E-state index in [9.17, 15) is 4.79 Å². The summed E-state index contributed by atoms with van der Waals surface area (Å²) in [6.07, 6.45) is 1.71. The highest BCUT2D eigenvalue weighted by molar-refractivity contribution is 6.33. The van der Waals surface area contributed by atoms with E-state index in [0.717, 1.165) is 31.6 Å². The van der Waals surface area contributed by atoms with Gasteiger partial charge >= 0.3 is 0 Å². The molecular formula is C25H28ClN3O4. The van der Waals surface area contributed by atoms with Crippen LogP contribution in [0.5, 0.6) is 17.2 Å². The van der Waals surface area contributed by atoms with Crippen LogP contribution in [0.25, 0.3) is 5.69 Å². The zero-order valence-electron chi connectivity index (χ0n) is 19.3. The summed E-state index contributed by atoms with van der Waals surface area (Å²) in [4.78, 5) is 19.1. The van der Waals surface area contributed by atoms with Crippen LogP contribution in [0.2, 0.25) is 5.02 Å². The molecule has 1 aliphatic rings. The first-order valence-corrected chi connectivity index (χ1v) is 11.3. The van der Waals surface area contributed by atoms with Gasteiger partial charge in [0.25, 0.3) is 5.56 Å². The van der Waals surface area contributed by atoms with E-state index in [1.165, 1.54) is 6.07 Å². The largest absolute Gasteiger partial charge is 0.493 e. The number of hydrogen-bond acceptors (Lipinski definition) is 6. The van der Waals surface area contributed by atoms with Gasteiger partial charge in [-0.2, -0.15) is 0 Å². The Labute approximate surface area is 198 Å². The number of aromatic nitrogens is 2. The number of hydrogen-bond donors (Lipinski definition) is 0. The van der Waals surface area contributed by atoms with Crippen LogP contribution in [-0.2, 0) is 0 Å². The minimum atomic E-state index is -0.117. The third-order valence-corrected chi connectivity index (χ3v) is 6.16. The van der Waals surface area contributed by atoms with Crippen molar-refractivity contribution >= 4 is 17.3 Å². The van der Waals surface area contributed by atoms with Crippen molar-refractivity contribution in [3.63, 3.8) is 0 Å². The maximum atomic E-state index is 12.5. The molecule has 2 aromatic carbocycles. The van der Waals surface area contributed by atoms with Crippen molar-refractivity contribution in [1.29, 1.82) is 0 Å². The van der Waals surface area contributed by atoms with Crippen molar-refractivity contribution < 1.29 is 14.2 Å². The molecule has 0 saturated carbocycles. The van der Waals surface area contributed by atoms with Gasteiger partial charge in [-0.15, -0.1) is 0 Å². The summed E-state index contributed by atoms with van der Waals surface area (Å²) in [6.45, 7) is 5.22. The number of nitrogens with zero attached hydrogens (tertiary/aromatic N) is 3. The third kappa shape index (κ3) is 4.78. The van der Waals surface area contributed by atoms with E-state index in [1.54, 1.807) is 18.8 Å². The fraction of sp³-hybridized carbons (Fsp3) is 0.360. The fourth-order valence-electron chi connectivity index (χ4n) is 4.26. The van der Waals surface area contributed by atoms with Crippen LogP contribution in [0.4, 0.5) is 5.69 Å². The lowest BCUT2D eigenvalue weighted by Crippen LogP contribution is -2.38. The van der Waals surface area contributed by atoms with E-state index >= 15 is 0 Å². The smallest absolute Gasteiger partial charge is 0.258 e. The van der Waals surface area contributed by atoms with Gasteiger partial charge in [0.05, 0.1) is 30.6 Å².